The average Bonchev–Trinajstić information content (AvgIpc) is 3.24. The van der Waals surface area contributed by atoms with Gasteiger partial charge in [0.15, 0.2) is 0 Å². The van der Waals surface area contributed by atoms with Gasteiger partial charge in [-0.3, -0.25) is 4.79 Å². The molecular formula is C24H29N5O4S. The first kappa shape index (κ1) is 23.9. The molecule has 1 saturated heterocycles. The van der Waals surface area contributed by atoms with E-state index in [4.69, 9.17) is 4.74 Å². The molecule has 0 aliphatic carbocycles. The number of aromatic nitrogens is 3. The van der Waals surface area contributed by atoms with Gasteiger partial charge in [-0.1, -0.05) is 56.3 Å². The summed E-state index contributed by atoms with van der Waals surface area (Å²) in [7, 11) is -3.77. The Morgan fingerprint density at radius 3 is 2.41 bits per heavy atom. The van der Waals surface area contributed by atoms with Gasteiger partial charge in [-0.15, -0.1) is 5.10 Å². The van der Waals surface area contributed by atoms with Gasteiger partial charge in [-0.2, -0.15) is 0 Å². The largest absolute Gasteiger partial charge is 0.487 e. The van der Waals surface area contributed by atoms with Crippen LogP contribution in [0.2, 0.25) is 0 Å². The van der Waals surface area contributed by atoms with Crippen LogP contribution in [0.5, 0.6) is 5.75 Å². The lowest BCUT2D eigenvalue weighted by atomic mass is 9.87. The van der Waals surface area contributed by atoms with Gasteiger partial charge in [0.1, 0.15) is 18.1 Å². The van der Waals surface area contributed by atoms with Crippen molar-refractivity contribution in [2.45, 2.75) is 43.7 Å². The van der Waals surface area contributed by atoms with Gasteiger partial charge in [-0.05, 0) is 35.2 Å². The van der Waals surface area contributed by atoms with Crippen molar-refractivity contribution in [3.05, 3.63) is 72.1 Å². The number of amides is 1. The summed E-state index contributed by atoms with van der Waals surface area (Å²) < 4.78 is 34.9. The van der Waals surface area contributed by atoms with Crippen LogP contribution >= 0.6 is 0 Å². The Morgan fingerprint density at radius 1 is 1.09 bits per heavy atom. The van der Waals surface area contributed by atoms with E-state index in [0.29, 0.717) is 25.4 Å². The lowest BCUT2D eigenvalue weighted by Gasteiger charge is -2.38. The molecule has 180 valence electrons. The van der Waals surface area contributed by atoms with Crippen LogP contribution in [0, 0.1) is 0 Å². The maximum absolute atomic E-state index is 12.6. The van der Waals surface area contributed by atoms with E-state index >= 15 is 0 Å². The molecule has 0 radical (unpaired) electrons. The van der Waals surface area contributed by atoms with Crippen LogP contribution in [0.1, 0.15) is 38.1 Å². The minimum absolute atomic E-state index is 0.00322. The molecule has 2 aromatic carbocycles. The Bertz CT molecular complexity index is 1230. The van der Waals surface area contributed by atoms with Gasteiger partial charge in [0, 0.05) is 13.1 Å². The number of benzene rings is 2. The van der Waals surface area contributed by atoms with E-state index < -0.39 is 10.0 Å². The summed E-state index contributed by atoms with van der Waals surface area (Å²) in [6.07, 6.45) is 1.80. The molecule has 1 fully saturated rings. The summed E-state index contributed by atoms with van der Waals surface area (Å²) in [4.78, 5) is 14.2. The van der Waals surface area contributed by atoms with Crippen LogP contribution in [0.3, 0.4) is 0 Å². The van der Waals surface area contributed by atoms with E-state index in [-0.39, 0.29) is 28.8 Å². The lowest BCUT2D eigenvalue weighted by molar-refractivity contribution is -0.135. The van der Waals surface area contributed by atoms with Crippen LogP contribution in [-0.2, 0) is 26.8 Å². The Labute approximate surface area is 199 Å². The van der Waals surface area contributed by atoms with E-state index in [0.717, 1.165) is 11.3 Å². The average molecular weight is 484 g/mol. The Balaban J connectivity index is 1.24. The van der Waals surface area contributed by atoms with Crippen molar-refractivity contribution in [2.24, 2.45) is 0 Å². The third-order valence-electron chi connectivity index (χ3n) is 5.72. The zero-order chi connectivity index (χ0) is 24.3. The topological polar surface area (TPSA) is 106 Å². The highest BCUT2D eigenvalue weighted by molar-refractivity contribution is 7.89. The summed E-state index contributed by atoms with van der Waals surface area (Å²) in [5.74, 6) is 0.476. The normalized spacial score (nSPS) is 14.6. The van der Waals surface area contributed by atoms with E-state index in [1.807, 2.05) is 30.3 Å². The Morgan fingerprint density at radius 2 is 1.76 bits per heavy atom. The number of carbonyl (C=O) groups is 1. The predicted octanol–water partition coefficient (Wildman–Crippen LogP) is 2.52. The van der Waals surface area contributed by atoms with Crippen molar-refractivity contribution in [2.75, 3.05) is 19.6 Å². The zero-order valence-electron chi connectivity index (χ0n) is 19.5. The lowest BCUT2D eigenvalue weighted by Crippen LogP contribution is -2.53. The highest BCUT2D eigenvalue weighted by atomic mass is 32.2. The molecule has 0 saturated carbocycles. The molecular weight excluding hydrogens is 454 g/mol. The number of ether oxygens (including phenoxy) is 1. The second-order valence-electron chi connectivity index (χ2n) is 9.34. The zero-order valence-corrected chi connectivity index (χ0v) is 20.3. The van der Waals surface area contributed by atoms with Crippen LogP contribution in [0.15, 0.2) is 65.7 Å². The van der Waals surface area contributed by atoms with Crippen molar-refractivity contribution in [1.82, 2.24) is 24.6 Å². The number of sulfonamides is 1. The van der Waals surface area contributed by atoms with Crippen LogP contribution < -0.4 is 9.46 Å². The fraction of sp³-hybridized carbons (Fsp3) is 0.375. The van der Waals surface area contributed by atoms with Crippen molar-refractivity contribution in [1.29, 1.82) is 0 Å². The molecule has 0 unspecified atom stereocenters. The summed E-state index contributed by atoms with van der Waals surface area (Å²) >= 11 is 0. The summed E-state index contributed by atoms with van der Waals surface area (Å²) in [6.45, 7) is 7.10. The van der Waals surface area contributed by atoms with E-state index in [1.54, 1.807) is 40.0 Å². The third kappa shape index (κ3) is 5.63. The maximum Gasteiger partial charge on any atom is 0.241 e. The van der Waals surface area contributed by atoms with Crippen LogP contribution in [0.25, 0.3) is 0 Å². The third-order valence-corrected chi connectivity index (χ3v) is 7.14. The molecule has 34 heavy (non-hydrogen) atoms. The monoisotopic (exact) mass is 483 g/mol. The summed E-state index contributed by atoms with van der Waals surface area (Å²) in [6, 6.07) is 16.2. The smallest absolute Gasteiger partial charge is 0.241 e. The SMILES string of the molecule is CC(C)(C)c1ccc(S(=O)(=O)NCC(=O)N2CC(n3cc(COc4ccccc4)nn3)C2)cc1. The number of para-hydroxylation sites is 1. The molecule has 0 spiro atoms. The molecule has 9 nitrogen and oxygen atoms in total. The first-order chi connectivity index (χ1) is 16.1. The number of hydrogen-bond donors (Lipinski definition) is 1. The highest BCUT2D eigenvalue weighted by Gasteiger charge is 2.33. The number of nitrogens with zero attached hydrogens (tertiary/aromatic N) is 4. The van der Waals surface area contributed by atoms with E-state index in [2.05, 4.69) is 35.8 Å². The minimum Gasteiger partial charge on any atom is -0.487 e. The first-order valence-corrected chi connectivity index (χ1v) is 12.6. The van der Waals surface area contributed by atoms with Gasteiger partial charge < -0.3 is 9.64 Å². The molecule has 2 heterocycles. The number of rotatable bonds is 8. The predicted molar refractivity (Wildman–Crippen MR) is 127 cm³/mol. The van der Waals surface area contributed by atoms with Crippen molar-refractivity contribution in [3.8, 4) is 5.75 Å². The summed E-state index contributed by atoms with van der Waals surface area (Å²) in [5.41, 5.74) is 1.66. The van der Waals surface area contributed by atoms with Gasteiger partial charge in [-0.25, -0.2) is 17.8 Å². The number of nitrogens with one attached hydrogen (secondary N) is 1. The molecule has 0 bridgehead atoms. The Hall–Kier alpha value is -3.24. The van der Waals surface area contributed by atoms with Crippen molar-refractivity contribution in [3.63, 3.8) is 0 Å². The number of likely N-dealkylation sites (tertiary alicyclic amines) is 1. The molecule has 1 amide bonds. The van der Waals surface area contributed by atoms with Gasteiger partial charge in [0.05, 0.1) is 23.7 Å². The van der Waals surface area contributed by atoms with Crippen molar-refractivity contribution >= 4 is 15.9 Å². The molecule has 0 atom stereocenters. The van der Waals surface area contributed by atoms with E-state index in [9.17, 15) is 13.2 Å². The highest BCUT2D eigenvalue weighted by Crippen LogP contribution is 2.24. The molecule has 1 aliphatic rings. The minimum atomic E-state index is -3.77. The molecule has 1 aromatic heterocycles. The van der Waals surface area contributed by atoms with E-state index in [1.165, 1.54) is 0 Å². The fourth-order valence-corrected chi connectivity index (χ4v) is 4.52. The molecule has 4 rings (SSSR count). The Kier molecular flexibility index (Phi) is 6.72. The molecule has 1 N–H and O–H groups in total. The van der Waals surface area contributed by atoms with Gasteiger partial charge in [0.25, 0.3) is 0 Å². The van der Waals surface area contributed by atoms with Crippen molar-refractivity contribution < 1.29 is 17.9 Å². The second kappa shape index (κ2) is 9.55. The molecule has 10 heteroatoms. The van der Waals surface area contributed by atoms with Crippen LogP contribution in [-0.4, -0.2) is 53.9 Å². The van der Waals surface area contributed by atoms with Crippen LogP contribution in [0.4, 0.5) is 0 Å². The van der Waals surface area contributed by atoms with Gasteiger partial charge >= 0.3 is 0 Å². The number of hydrogen-bond acceptors (Lipinski definition) is 6. The summed E-state index contributed by atoms with van der Waals surface area (Å²) in [5, 5.41) is 8.25. The first-order valence-electron chi connectivity index (χ1n) is 11.1. The maximum atomic E-state index is 12.6. The quantitative estimate of drug-likeness (QED) is 0.528. The number of carbonyl (C=O) groups excluding carboxylic acids is 1. The second-order valence-corrected chi connectivity index (χ2v) is 11.1. The molecule has 3 aromatic rings. The standard InChI is InChI=1S/C24H29N5O4S/c1-24(2,3)18-9-11-22(12-10-18)34(31,32)25-13-23(30)28-15-20(16-28)29-14-19(26-27-29)17-33-21-7-5-4-6-8-21/h4-12,14,20,25H,13,15-17H2,1-3H3. The fourth-order valence-electron chi connectivity index (χ4n) is 3.54. The van der Waals surface area contributed by atoms with Gasteiger partial charge in [0.2, 0.25) is 15.9 Å². The molecule has 1 aliphatic heterocycles.